The number of carbonyl (C=O) groups is 1. The van der Waals surface area contributed by atoms with Crippen LogP contribution in [0.1, 0.15) is 26.2 Å². The van der Waals surface area contributed by atoms with E-state index in [0.717, 1.165) is 19.6 Å². The number of likely N-dealkylation sites (tertiary alicyclic amines) is 1. The Bertz CT molecular complexity index is 263. The molecule has 16 heavy (non-hydrogen) atoms. The minimum Gasteiger partial charge on any atom is -0.338 e. The highest BCUT2D eigenvalue weighted by Gasteiger charge is 2.35. The largest absolute Gasteiger partial charge is 0.338 e. The van der Waals surface area contributed by atoms with Crippen molar-refractivity contribution >= 4 is 5.91 Å². The summed E-state index contributed by atoms with van der Waals surface area (Å²) in [6.45, 7) is 4.98. The van der Waals surface area contributed by atoms with E-state index in [1.165, 1.54) is 19.3 Å². The Kier molecular flexibility index (Phi) is 3.50. The molecule has 0 spiro atoms. The molecule has 92 valence electrons. The molecule has 1 saturated carbocycles. The Morgan fingerprint density at radius 1 is 1.50 bits per heavy atom. The van der Waals surface area contributed by atoms with Gasteiger partial charge in [-0.1, -0.05) is 0 Å². The molecule has 4 heteroatoms. The predicted octanol–water partition coefficient (Wildman–Crippen LogP) is 0.276. The van der Waals surface area contributed by atoms with Gasteiger partial charge in [-0.05, 0) is 45.7 Å². The van der Waals surface area contributed by atoms with E-state index >= 15 is 0 Å². The normalized spacial score (nSPS) is 28.1. The van der Waals surface area contributed by atoms with E-state index in [1.807, 2.05) is 4.90 Å². The Morgan fingerprint density at radius 3 is 2.62 bits per heavy atom. The summed E-state index contributed by atoms with van der Waals surface area (Å²) in [6, 6.07) is 0.143. The molecule has 1 aliphatic heterocycles. The van der Waals surface area contributed by atoms with E-state index < -0.39 is 0 Å². The van der Waals surface area contributed by atoms with Crippen LogP contribution >= 0.6 is 0 Å². The summed E-state index contributed by atoms with van der Waals surface area (Å²) in [5.41, 5.74) is 5.70. The Hall–Kier alpha value is -0.610. The average molecular weight is 225 g/mol. The van der Waals surface area contributed by atoms with Crippen molar-refractivity contribution in [1.82, 2.24) is 9.80 Å². The van der Waals surface area contributed by atoms with Crippen molar-refractivity contribution in [2.75, 3.05) is 26.7 Å². The van der Waals surface area contributed by atoms with Gasteiger partial charge in [0, 0.05) is 19.1 Å². The summed E-state index contributed by atoms with van der Waals surface area (Å²) < 4.78 is 0. The van der Waals surface area contributed by atoms with E-state index in [-0.39, 0.29) is 11.9 Å². The molecule has 1 heterocycles. The highest BCUT2D eigenvalue weighted by atomic mass is 16.2. The molecule has 1 aliphatic carbocycles. The third-order valence-electron chi connectivity index (χ3n) is 3.60. The fourth-order valence-corrected chi connectivity index (χ4v) is 2.52. The van der Waals surface area contributed by atoms with Crippen LogP contribution < -0.4 is 5.73 Å². The lowest BCUT2D eigenvalue weighted by Crippen LogP contribution is -2.45. The molecule has 2 rings (SSSR count). The van der Waals surface area contributed by atoms with E-state index in [9.17, 15) is 4.79 Å². The summed E-state index contributed by atoms with van der Waals surface area (Å²) in [4.78, 5) is 16.4. The molecule has 1 saturated heterocycles. The second-order valence-electron chi connectivity index (χ2n) is 5.43. The molecule has 0 aromatic carbocycles. The van der Waals surface area contributed by atoms with E-state index in [0.29, 0.717) is 12.0 Å². The molecule has 0 aromatic rings. The number of hydrogen-bond donors (Lipinski definition) is 1. The molecule has 0 unspecified atom stereocenters. The minimum atomic E-state index is -0.347. The predicted molar refractivity (Wildman–Crippen MR) is 64.0 cm³/mol. The van der Waals surface area contributed by atoms with Crippen molar-refractivity contribution < 1.29 is 4.79 Å². The van der Waals surface area contributed by atoms with Gasteiger partial charge in [0.1, 0.15) is 0 Å². The van der Waals surface area contributed by atoms with Crippen molar-refractivity contribution in [3.05, 3.63) is 0 Å². The van der Waals surface area contributed by atoms with Gasteiger partial charge in [-0.25, -0.2) is 0 Å². The molecular weight excluding hydrogens is 202 g/mol. The molecular formula is C12H23N3O. The van der Waals surface area contributed by atoms with Gasteiger partial charge in [0.25, 0.3) is 0 Å². The summed E-state index contributed by atoms with van der Waals surface area (Å²) in [5, 5.41) is 0. The summed E-state index contributed by atoms with van der Waals surface area (Å²) >= 11 is 0. The van der Waals surface area contributed by atoms with Crippen LogP contribution in [0, 0.1) is 5.92 Å². The van der Waals surface area contributed by atoms with Crippen LogP contribution in [-0.2, 0) is 4.79 Å². The lowest BCUT2D eigenvalue weighted by Gasteiger charge is -2.27. The highest BCUT2D eigenvalue weighted by Crippen LogP contribution is 2.29. The SMILES string of the molecule is C[C@H](N)C(=O)N(C[C@@H]1CCN(C)C1)C1CC1. The van der Waals surface area contributed by atoms with Crippen molar-refractivity contribution in [3.63, 3.8) is 0 Å². The smallest absolute Gasteiger partial charge is 0.239 e. The van der Waals surface area contributed by atoms with Gasteiger partial charge >= 0.3 is 0 Å². The molecule has 1 amide bonds. The number of hydrogen-bond acceptors (Lipinski definition) is 3. The molecule has 2 aliphatic rings. The first kappa shape index (κ1) is 11.9. The van der Waals surface area contributed by atoms with Crippen molar-refractivity contribution in [3.8, 4) is 0 Å². The fraction of sp³-hybridized carbons (Fsp3) is 0.917. The first-order chi connectivity index (χ1) is 7.58. The summed E-state index contributed by atoms with van der Waals surface area (Å²) in [5.74, 6) is 0.783. The third kappa shape index (κ3) is 2.74. The number of rotatable bonds is 4. The highest BCUT2D eigenvalue weighted by molar-refractivity contribution is 5.81. The monoisotopic (exact) mass is 225 g/mol. The van der Waals surface area contributed by atoms with Gasteiger partial charge in [0.2, 0.25) is 5.91 Å². The van der Waals surface area contributed by atoms with Crippen molar-refractivity contribution in [2.24, 2.45) is 11.7 Å². The zero-order chi connectivity index (χ0) is 11.7. The lowest BCUT2D eigenvalue weighted by molar-refractivity contribution is -0.133. The van der Waals surface area contributed by atoms with E-state index in [1.54, 1.807) is 6.92 Å². The zero-order valence-corrected chi connectivity index (χ0v) is 10.4. The van der Waals surface area contributed by atoms with Gasteiger partial charge in [-0.3, -0.25) is 4.79 Å². The van der Waals surface area contributed by atoms with Crippen LogP contribution in [0.4, 0.5) is 0 Å². The van der Waals surface area contributed by atoms with Gasteiger partial charge in [0.15, 0.2) is 0 Å². The third-order valence-corrected chi connectivity index (χ3v) is 3.60. The fourth-order valence-electron chi connectivity index (χ4n) is 2.52. The Morgan fingerprint density at radius 2 is 2.19 bits per heavy atom. The van der Waals surface area contributed by atoms with Crippen LogP contribution in [0.3, 0.4) is 0 Å². The first-order valence-corrected chi connectivity index (χ1v) is 6.32. The lowest BCUT2D eigenvalue weighted by atomic mass is 10.1. The summed E-state index contributed by atoms with van der Waals surface area (Å²) in [6.07, 6.45) is 3.55. The Balaban J connectivity index is 1.90. The summed E-state index contributed by atoms with van der Waals surface area (Å²) in [7, 11) is 2.15. The topological polar surface area (TPSA) is 49.6 Å². The molecule has 2 fully saturated rings. The molecule has 0 aromatic heterocycles. The molecule has 2 N–H and O–H groups in total. The Labute approximate surface area is 97.8 Å². The van der Waals surface area contributed by atoms with E-state index in [2.05, 4.69) is 11.9 Å². The van der Waals surface area contributed by atoms with Crippen LogP contribution in [0.15, 0.2) is 0 Å². The van der Waals surface area contributed by atoms with Crippen LogP contribution in [-0.4, -0.2) is 54.5 Å². The number of nitrogens with zero attached hydrogens (tertiary/aromatic N) is 2. The second kappa shape index (κ2) is 4.72. The number of carbonyl (C=O) groups excluding carboxylic acids is 1. The van der Waals surface area contributed by atoms with Gasteiger partial charge in [0.05, 0.1) is 6.04 Å². The number of amides is 1. The maximum atomic E-state index is 12.0. The number of nitrogens with two attached hydrogens (primary N) is 1. The average Bonchev–Trinajstić information content (AvgIpc) is 2.98. The second-order valence-corrected chi connectivity index (χ2v) is 5.43. The maximum absolute atomic E-state index is 12.0. The van der Waals surface area contributed by atoms with Gasteiger partial charge < -0.3 is 15.5 Å². The molecule has 0 radical (unpaired) electrons. The molecule has 0 bridgehead atoms. The zero-order valence-electron chi connectivity index (χ0n) is 10.4. The quantitative estimate of drug-likeness (QED) is 0.747. The minimum absolute atomic E-state index is 0.136. The van der Waals surface area contributed by atoms with Gasteiger partial charge in [-0.15, -0.1) is 0 Å². The molecule has 4 nitrogen and oxygen atoms in total. The van der Waals surface area contributed by atoms with Crippen molar-refractivity contribution in [1.29, 1.82) is 0 Å². The van der Waals surface area contributed by atoms with Crippen LogP contribution in [0.2, 0.25) is 0 Å². The van der Waals surface area contributed by atoms with E-state index in [4.69, 9.17) is 5.73 Å². The maximum Gasteiger partial charge on any atom is 0.239 e. The van der Waals surface area contributed by atoms with Gasteiger partial charge in [-0.2, -0.15) is 0 Å². The van der Waals surface area contributed by atoms with Crippen LogP contribution in [0.5, 0.6) is 0 Å². The van der Waals surface area contributed by atoms with Crippen molar-refractivity contribution in [2.45, 2.75) is 38.3 Å². The first-order valence-electron chi connectivity index (χ1n) is 6.32. The standard InChI is InChI=1S/C12H23N3O/c1-9(13)12(16)15(11-3-4-11)8-10-5-6-14(2)7-10/h9-11H,3-8,13H2,1-2H3/t9-,10+/m0/s1. The van der Waals surface area contributed by atoms with Crippen LogP contribution in [0.25, 0.3) is 0 Å². The molecule has 2 atom stereocenters.